The second-order valence-electron chi connectivity index (χ2n) is 6.72. The molecule has 0 amide bonds. The monoisotopic (exact) mass is 573 g/mol. The SMILES string of the molecule is CCNC(=NCCOc1ncc(C(F)(F)F)cc1Cl)N1CCC(c2ncn[nH]2)CC1.I. The van der Waals surface area contributed by atoms with Crippen molar-refractivity contribution in [1.29, 1.82) is 0 Å². The smallest absolute Gasteiger partial charge is 0.417 e. The second kappa shape index (κ2) is 11.7. The molecule has 0 bridgehead atoms. The van der Waals surface area contributed by atoms with Gasteiger partial charge < -0.3 is 15.0 Å². The Hall–Kier alpha value is -1.83. The molecule has 0 unspecified atom stereocenters. The fourth-order valence-corrected chi connectivity index (χ4v) is 3.40. The lowest BCUT2D eigenvalue weighted by atomic mass is 9.96. The lowest BCUT2D eigenvalue weighted by Crippen LogP contribution is -2.45. The molecule has 1 aliphatic rings. The van der Waals surface area contributed by atoms with Crippen molar-refractivity contribution in [3.05, 3.63) is 35.0 Å². The summed E-state index contributed by atoms with van der Waals surface area (Å²) in [5.74, 6) is 1.98. The zero-order valence-electron chi connectivity index (χ0n) is 16.8. The van der Waals surface area contributed by atoms with Crippen LogP contribution in [0.15, 0.2) is 23.6 Å². The van der Waals surface area contributed by atoms with Crippen LogP contribution in [0.3, 0.4) is 0 Å². The van der Waals surface area contributed by atoms with Crippen LogP contribution < -0.4 is 10.1 Å². The number of aromatic amines is 1. The van der Waals surface area contributed by atoms with E-state index in [1.165, 1.54) is 6.33 Å². The van der Waals surface area contributed by atoms with Crippen LogP contribution in [0.2, 0.25) is 5.02 Å². The summed E-state index contributed by atoms with van der Waals surface area (Å²) >= 11 is 5.85. The molecule has 1 fully saturated rings. The number of halogens is 5. The molecular weight excluding hydrogens is 550 g/mol. The zero-order chi connectivity index (χ0) is 21.6. The minimum absolute atomic E-state index is 0. The van der Waals surface area contributed by atoms with E-state index in [1.54, 1.807) is 0 Å². The summed E-state index contributed by atoms with van der Waals surface area (Å²) in [6.07, 6.45) is -0.415. The number of piperidine rings is 1. The van der Waals surface area contributed by atoms with Gasteiger partial charge in [0.1, 0.15) is 23.8 Å². The number of hydrogen-bond donors (Lipinski definition) is 2. The lowest BCUT2D eigenvalue weighted by molar-refractivity contribution is -0.137. The molecule has 1 saturated heterocycles. The summed E-state index contributed by atoms with van der Waals surface area (Å²) in [7, 11) is 0. The van der Waals surface area contributed by atoms with Gasteiger partial charge in [-0.05, 0) is 25.8 Å². The van der Waals surface area contributed by atoms with E-state index in [-0.39, 0.29) is 41.5 Å². The average Bonchev–Trinajstić information content (AvgIpc) is 3.25. The number of hydrogen-bond acceptors (Lipinski definition) is 5. The van der Waals surface area contributed by atoms with Crippen LogP contribution in [0.25, 0.3) is 0 Å². The van der Waals surface area contributed by atoms with Gasteiger partial charge in [-0.2, -0.15) is 18.3 Å². The van der Waals surface area contributed by atoms with Crippen molar-refractivity contribution >= 4 is 41.5 Å². The number of nitrogens with one attached hydrogen (secondary N) is 2. The summed E-state index contributed by atoms with van der Waals surface area (Å²) in [6.45, 7) is 4.80. The van der Waals surface area contributed by atoms with Gasteiger partial charge in [0.15, 0.2) is 5.96 Å². The number of pyridine rings is 1. The number of aliphatic imine (C=N–C) groups is 1. The molecule has 3 rings (SSSR count). The number of aromatic nitrogens is 4. The van der Waals surface area contributed by atoms with Crippen LogP contribution in [0, 0.1) is 0 Å². The number of alkyl halides is 3. The minimum atomic E-state index is -4.50. The molecule has 8 nitrogen and oxygen atoms in total. The summed E-state index contributed by atoms with van der Waals surface area (Å²) in [4.78, 5) is 14.6. The highest BCUT2D eigenvalue weighted by molar-refractivity contribution is 14.0. The van der Waals surface area contributed by atoms with E-state index < -0.39 is 11.7 Å². The number of guanidine groups is 1. The Morgan fingerprint density at radius 3 is 2.68 bits per heavy atom. The van der Waals surface area contributed by atoms with Gasteiger partial charge in [0, 0.05) is 31.7 Å². The van der Waals surface area contributed by atoms with Gasteiger partial charge in [0.25, 0.3) is 0 Å². The fourth-order valence-electron chi connectivity index (χ4n) is 3.18. The highest BCUT2D eigenvalue weighted by Gasteiger charge is 2.31. The average molecular weight is 574 g/mol. The van der Waals surface area contributed by atoms with Crippen molar-refractivity contribution in [3.8, 4) is 5.88 Å². The molecule has 0 atom stereocenters. The number of ether oxygens (including phenoxy) is 1. The standard InChI is InChI=1S/C18H23ClF3N7O.HI/c1-2-23-17(29-6-3-12(4-7-29)15-26-11-27-28-15)24-5-8-30-16-14(19)9-13(10-25-16)18(20,21)22;/h9-12H,2-8H2,1H3,(H,23,24)(H,26,27,28);1H. The first-order chi connectivity index (χ1) is 14.4. The van der Waals surface area contributed by atoms with Crippen LogP contribution in [0.1, 0.15) is 37.1 Å². The van der Waals surface area contributed by atoms with Gasteiger partial charge in [0.2, 0.25) is 5.88 Å². The van der Waals surface area contributed by atoms with Crippen LogP contribution in [0.5, 0.6) is 5.88 Å². The van der Waals surface area contributed by atoms with Gasteiger partial charge in [-0.25, -0.2) is 15.0 Å². The number of H-pyrrole nitrogens is 1. The first-order valence-electron chi connectivity index (χ1n) is 9.62. The van der Waals surface area contributed by atoms with Gasteiger partial charge in [-0.3, -0.25) is 5.10 Å². The highest BCUT2D eigenvalue weighted by Crippen LogP contribution is 2.33. The maximum Gasteiger partial charge on any atom is 0.417 e. The Morgan fingerprint density at radius 2 is 2.10 bits per heavy atom. The third-order valence-electron chi connectivity index (χ3n) is 4.68. The minimum Gasteiger partial charge on any atom is -0.475 e. The summed E-state index contributed by atoms with van der Waals surface area (Å²) in [5, 5.41) is 9.91. The Kier molecular flexibility index (Phi) is 9.59. The van der Waals surface area contributed by atoms with Crippen molar-refractivity contribution in [1.82, 2.24) is 30.4 Å². The Bertz CT molecular complexity index is 843. The van der Waals surface area contributed by atoms with E-state index >= 15 is 0 Å². The predicted molar refractivity (Wildman–Crippen MR) is 121 cm³/mol. The predicted octanol–water partition coefficient (Wildman–Crippen LogP) is 3.71. The molecule has 1 aliphatic heterocycles. The molecule has 0 aliphatic carbocycles. The molecule has 2 N–H and O–H groups in total. The van der Waals surface area contributed by atoms with E-state index in [9.17, 15) is 13.2 Å². The maximum absolute atomic E-state index is 12.7. The summed E-state index contributed by atoms with van der Waals surface area (Å²) in [6, 6.07) is 0.802. The molecule has 0 aromatic carbocycles. The van der Waals surface area contributed by atoms with Gasteiger partial charge in [-0.15, -0.1) is 24.0 Å². The molecule has 172 valence electrons. The quantitative estimate of drug-likeness (QED) is 0.237. The Morgan fingerprint density at radius 1 is 1.35 bits per heavy atom. The molecule has 31 heavy (non-hydrogen) atoms. The first-order valence-corrected chi connectivity index (χ1v) is 10.00. The van der Waals surface area contributed by atoms with Gasteiger partial charge >= 0.3 is 6.18 Å². The maximum atomic E-state index is 12.7. The first kappa shape index (κ1) is 25.4. The molecule has 13 heteroatoms. The second-order valence-corrected chi connectivity index (χ2v) is 7.13. The van der Waals surface area contributed by atoms with Crippen molar-refractivity contribution in [2.45, 2.75) is 31.9 Å². The highest BCUT2D eigenvalue weighted by atomic mass is 127. The topological polar surface area (TPSA) is 91.3 Å². The molecule has 0 spiro atoms. The van der Waals surface area contributed by atoms with Crippen molar-refractivity contribution < 1.29 is 17.9 Å². The van der Waals surface area contributed by atoms with E-state index in [0.717, 1.165) is 43.8 Å². The molecule has 0 saturated carbocycles. The van der Waals surface area contributed by atoms with Gasteiger partial charge in [-0.1, -0.05) is 11.6 Å². The fraction of sp³-hybridized carbons (Fsp3) is 0.556. The van der Waals surface area contributed by atoms with Crippen molar-refractivity contribution in [2.24, 2.45) is 4.99 Å². The van der Waals surface area contributed by atoms with Crippen molar-refractivity contribution in [2.75, 3.05) is 32.8 Å². The van der Waals surface area contributed by atoms with Crippen LogP contribution >= 0.6 is 35.6 Å². The molecule has 2 aromatic heterocycles. The number of likely N-dealkylation sites (tertiary alicyclic amines) is 1. The Labute approximate surface area is 200 Å². The Balaban J connectivity index is 0.00000341. The molecule has 2 aromatic rings. The lowest BCUT2D eigenvalue weighted by Gasteiger charge is -2.33. The van der Waals surface area contributed by atoms with Crippen LogP contribution in [-0.4, -0.2) is 63.8 Å². The van der Waals surface area contributed by atoms with Gasteiger partial charge in [0.05, 0.1) is 12.1 Å². The summed E-state index contributed by atoms with van der Waals surface area (Å²) < 4.78 is 43.4. The summed E-state index contributed by atoms with van der Waals surface area (Å²) in [5.41, 5.74) is -0.916. The van der Waals surface area contributed by atoms with Crippen LogP contribution in [-0.2, 0) is 6.18 Å². The van der Waals surface area contributed by atoms with E-state index in [0.29, 0.717) is 25.2 Å². The number of rotatable bonds is 6. The zero-order valence-corrected chi connectivity index (χ0v) is 19.9. The van der Waals surface area contributed by atoms with E-state index in [4.69, 9.17) is 16.3 Å². The molecule has 3 heterocycles. The van der Waals surface area contributed by atoms with Crippen LogP contribution in [0.4, 0.5) is 13.2 Å². The number of nitrogens with zero attached hydrogens (tertiary/aromatic N) is 5. The van der Waals surface area contributed by atoms with E-state index in [1.807, 2.05) is 6.92 Å². The van der Waals surface area contributed by atoms with Crippen molar-refractivity contribution in [3.63, 3.8) is 0 Å². The largest absolute Gasteiger partial charge is 0.475 e. The van der Waals surface area contributed by atoms with E-state index in [2.05, 4.69) is 35.4 Å². The normalized spacial score (nSPS) is 15.5. The molecular formula is C18H24ClF3IN7O. The third kappa shape index (κ3) is 7.09. The third-order valence-corrected chi connectivity index (χ3v) is 4.95. The molecule has 0 radical (unpaired) electrons.